The number of hydrogen-bond acceptors (Lipinski definition) is 6. The van der Waals surface area contributed by atoms with Gasteiger partial charge < -0.3 is 14.6 Å². The summed E-state index contributed by atoms with van der Waals surface area (Å²) in [5.41, 5.74) is 3.38. The van der Waals surface area contributed by atoms with E-state index >= 15 is 0 Å². The molecule has 1 atom stereocenters. The fourth-order valence-corrected chi connectivity index (χ4v) is 4.29. The number of nitrogens with one attached hydrogen (secondary N) is 1. The lowest BCUT2D eigenvalue weighted by molar-refractivity contribution is 0.199. The van der Waals surface area contributed by atoms with Gasteiger partial charge in [0.05, 0.1) is 18.7 Å². The van der Waals surface area contributed by atoms with E-state index in [9.17, 15) is 4.79 Å². The average Bonchev–Trinajstić information content (AvgIpc) is 3.31. The first-order valence-corrected chi connectivity index (χ1v) is 12.0. The van der Waals surface area contributed by atoms with Crippen molar-refractivity contribution in [1.82, 2.24) is 20.4 Å². The van der Waals surface area contributed by atoms with E-state index in [0.717, 1.165) is 28.1 Å². The summed E-state index contributed by atoms with van der Waals surface area (Å²) >= 11 is 1.68. The third kappa shape index (κ3) is 4.75. The standard InChI is InChI=1S/C25H28N4O3S/c1-15(2)14-29-16(3)21(22(26-25(29)30)17-6-10-19(31-4)11-7-17)24-27-23(28-32-24)18-8-12-20(33-5)13-9-18/h6-13,15,22H,14H2,1-5H3,(H,26,30). The highest BCUT2D eigenvalue weighted by Crippen LogP contribution is 2.38. The number of methoxy groups -OCH3 is 1. The first-order valence-electron chi connectivity index (χ1n) is 10.8. The SMILES string of the molecule is COc1ccc(C2NC(=O)N(CC(C)C)C(C)=C2c2nc(-c3ccc(SC)cc3)no2)cc1. The number of ether oxygens (including phenoxy) is 1. The van der Waals surface area contributed by atoms with Crippen molar-refractivity contribution in [3.05, 3.63) is 65.7 Å². The summed E-state index contributed by atoms with van der Waals surface area (Å²) in [7, 11) is 1.63. The number of nitrogens with zero attached hydrogens (tertiary/aromatic N) is 3. The van der Waals surface area contributed by atoms with Gasteiger partial charge in [-0.3, -0.25) is 4.90 Å². The van der Waals surface area contributed by atoms with Crippen LogP contribution in [0.2, 0.25) is 0 Å². The van der Waals surface area contributed by atoms with E-state index < -0.39 is 6.04 Å². The zero-order valence-corrected chi connectivity index (χ0v) is 20.3. The number of rotatable bonds is 7. The fourth-order valence-electron chi connectivity index (χ4n) is 3.88. The summed E-state index contributed by atoms with van der Waals surface area (Å²) in [4.78, 5) is 20.6. The van der Waals surface area contributed by atoms with Crippen molar-refractivity contribution in [1.29, 1.82) is 0 Å². The van der Waals surface area contributed by atoms with Crippen LogP contribution in [0.25, 0.3) is 17.0 Å². The molecule has 7 nitrogen and oxygen atoms in total. The lowest BCUT2D eigenvalue weighted by Crippen LogP contribution is -2.47. The molecule has 8 heteroatoms. The van der Waals surface area contributed by atoms with Gasteiger partial charge in [-0.25, -0.2) is 4.79 Å². The van der Waals surface area contributed by atoms with E-state index in [4.69, 9.17) is 14.2 Å². The average molecular weight is 465 g/mol. The molecule has 2 amide bonds. The first kappa shape index (κ1) is 22.9. The van der Waals surface area contributed by atoms with Gasteiger partial charge in [-0.15, -0.1) is 11.8 Å². The van der Waals surface area contributed by atoms with Gasteiger partial charge >= 0.3 is 6.03 Å². The molecule has 2 heterocycles. The highest BCUT2D eigenvalue weighted by atomic mass is 32.2. The number of carbonyl (C=O) groups excluding carboxylic acids is 1. The number of carbonyl (C=O) groups is 1. The van der Waals surface area contributed by atoms with Gasteiger partial charge in [-0.05, 0) is 61.1 Å². The van der Waals surface area contributed by atoms with Gasteiger partial charge in [0.15, 0.2) is 0 Å². The van der Waals surface area contributed by atoms with Crippen molar-refractivity contribution in [3.8, 4) is 17.1 Å². The second-order valence-corrected chi connectivity index (χ2v) is 9.19. The van der Waals surface area contributed by atoms with Crippen LogP contribution in [0.1, 0.15) is 38.3 Å². The Balaban J connectivity index is 1.77. The first-order chi connectivity index (χ1) is 15.9. The summed E-state index contributed by atoms with van der Waals surface area (Å²) in [6.45, 7) is 6.69. The van der Waals surface area contributed by atoms with Crippen LogP contribution in [0.15, 0.2) is 63.6 Å². The van der Waals surface area contributed by atoms with Gasteiger partial charge in [-0.1, -0.05) is 31.1 Å². The summed E-state index contributed by atoms with van der Waals surface area (Å²) in [6, 6.07) is 15.1. The Morgan fingerprint density at radius 1 is 1.15 bits per heavy atom. The molecule has 0 saturated heterocycles. The molecule has 1 unspecified atom stereocenters. The van der Waals surface area contributed by atoms with E-state index in [1.165, 1.54) is 4.90 Å². The number of allylic oxidation sites excluding steroid dienone is 1. The Labute approximate surface area is 198 Å². The maximum absolute atomic E-state index is 13.0. The molecule has 2 aromatic carbocycles. The van der Waals surface area contributed by atoms with Gasteiger partial charge in [-0.2, -0.15) is 4.98 Å². The predicted octanol–water partition coefficient (Wildman–Crippen LogP) is 5.62. The van der Waals surface area contributed by atoms with Crippen molar-refractivity contribution in [2.75, 3.05) is 19.9 Å². The van der Waals surface area contributed by atoms with Crippen LogP contribution in [-0.2, 0) is 0 Å². The molecule has 1 N–H and O–H groups in total. The largest absolute Gasteiger partial charge is 0.497 e. The van der Waals surface area contributed by atoms with Crippen LogP contribution in [0.4, 0.5) is 4.79 Å². The maximum Gasteiger partial charge on any atom is 0.322 e. The van der Waals surface area contributed by atoms with Crippen molar-refractivity contribution in [2.24, 2.45) is 5.92 Å². The summed E-state index contributed by atoms with van der Waals surface area (Å²) in [6.07, 6.45) is 2.04. The van der Waals surface area contributed by atoms with Crippen molar-refractivity contribution in [2.45, 2.75) is 31.7 Å². The minimum absolute atomic E-state index is 0.141. The number of benzene rings is 2. The monoisotopic (exact) mass is 464 g/mol. The van der Waals surface area contributed by atoms with Crippen LogP contribution in [-0.4, -0.2) is 41.0 Å². The molecular weight excluding hydrogens is 436 g/mol. The van der Waals surface area contributed by atoms with Crippen LogP contribution < -0.4 is 10.1 Å². The highest BCUT2D eigenvalue weighted by Gasteiger charge is 2.36. The van der Waals surface area contributed by atoms with Crippen LogP contribution in [0.3, 0.4) is 0 Å². The number of amides is 2. The minimum atomic E-state index is -0.418. The molecular formula is C25H28N4O3S. The quantitative estimate of drug-likeness (QED) is 0.457. The van der Waals surface area contributed by atoms with Crippen LogP contribution in [0, 0.1) is 5.92 Å². The molecule has 3 aromatic rings. The van der Waals surface area contributed by atoms with Gasteiger partial charge in [0.1, 0.15) is 5.75 Å². The summed E-state index contributed by atoms with van der Waals surface area (Å²) in [5, 5.41) is 7.36. The molecule has 4 rings (SSSR count). The lowest BCUT2D eigenvalue weighted by atomic mass is 9.94. The molecule has 0 bridgehead atoms. The van der Waals surface area contributed by atoms with Gasteiger partial charge in [0, 0.05) is 22.7 Å². The van der Waals surface area contributed by atoms with E-state index in [0.29, 0.717) is 24.2 Å². The van der Waals surface area contributed by atoms with Crippen molar-refractivity contribution < 1.29 is 14.1 Å². The zero-order valence-electron chi connectivity index (χ0n) is 19.5. The predicted molar refractivity (Wildman–Crippen MR) is 130 cm³/mol. The van der Waals surface area contributed by atoms with Crippen molar-refractivity contribution in [3.63, 3.8) is 0 Å². The Kier molecular flexibility index (Phi) is 6.74. The normalized spacial score (nSPS) is 16.4. The third-order valence-electron chi connectivity index (χ3n) is 5.60. The molecule has 1 aliphatic heterocycles. The lowest BCUT2D eigenvalue weighted by Gasteiger charge is -2.36. The Bertz CT molecular complexity index is 1150. The minimum Gasteiger partial charge on any atom is -0.497 e. The second kappa shape index (κ2) is 9.70. The summed E-state index contributed by atoms with van der Waals surface area (Å²) in [5.74, 6) is 1.96. The molecule has 1 aliphatic rings. The van der Waals surface area contributed by atoms with E-state index in [1.54, 1.807) is 23.8 Å². The van der Waals surface area contributed by atoms with E-state index in [-0.39, 0.29) is 6.03 Å². The Morgan fingerprint density at radius 3 is 2.45 bits per heavy atom. The molecule has 0 fully saturated rings. The Morgan fingerprint density at radius 2 is 1.85 bits per heavy atom. The topological polar surface area (TPSA) is 80.5 Å². The van der Waals surface area contributed by atoms with Crippen LogP contribution in [0.5, 0.6) is 5.75 Å². The van der Waals surface area contributed by atoms with Gasteiger partial charge in [0.2, 0.25) is 5.82 Å². The molecule has 0 spiro atoms. The number of aromatic nitrogens is 2. The fraction of sp³-hybridized carbons (Fsp3) is 0.320. The molecule has 1 aromatic heterocycles. The zero-order chi connectivity index (χ0) is 23.5. The number of thioether (sulfide) groups is 1. The molecule has 0 aliphatic carbocycles. The maximum atomic E-state index is 13.0. The second-order valence-electron chi connectivity index (χ2n) is 8.31. The van der Waals surface area contributed by atoms with Gasteiger partial charge in [0.25, 0.3) is 5.89 Å². The smallest absolute Gasteiger partial charge is 0.322 e. The summed E-state index contributed by atoms with van der Waals surface area (Å²) < 4.78 is 11.0. The molecule has 33 heavy (non-hydrogen) atoms. The molecule has 0 saturated carbocycles. The van der Waals surface area contributed by atoms with E-state index in [1.807, 2.05) is 61.7 Å². The highest BCUT2D eigenvalue weighted by molar-refractivity contribution is 7.98. The third-order valence-corrected chi connectivity index (χ3v) is 6.34. The number of hydrogen-bond donors (Lipinski definition) is 1. The van der Waals surface area contributed by atoms with Crippen LogP contribution >= 0.6 is 11.8 Å². The van der Waals surface area contributed by atoms with Crippen molar-refractivity contribution >= 4 is 23.4 Å². The van der Waals surface area contributed by atoms with E-state index in [2.05, 4.69) is 24.3 Å². The number of urea groups is 1. The molecule has 172 valence electrons. The Hall–Kier alpha value is -3.26. The molecule has 0 radical (unpaired) electrons.